The van der Waals surface area contributed by atoms with E-state index in [9.17, 15) is 9.90 Å². The lowest BCUT2D eigenvalue weighted by Gasteiger charge is -2.40. The smallest absolute Gasteiger partial charge is 0.198 e. The second kappa shape index (κ2) is 5.25. The number of aliphatic hydroxyl groups excluding tert-OH is 1. The number of ketones is 1. The van der Waals surface area contributed by atoms with Crippen LogP contribution < -0.4 is 0 Å². The normalized spacial score (nSPS) is 20.8. The molecule has 0 aliphatic carbocycles. The lowest BCUT2D eigenvalue weighted by Crippen LogP contribution is -2.49. The van der Waals surface area contributed by atoms with Gasteiger partial charge in [-0.15, -0.1) is 0 Å². The first-order chi connectivity index (χ1) is 9.60. The number of aryl methyl sites for hydroxylation is 1. The summed E-state index contributed by atoms with van der Waals surface area (Å²) in [5.74, 6) is -0.188. The van der Waals surface area contributed by atoms with E-state index < -0.39 is 11.2 Å². The maximum Gasteiger partial charge on any atom is 0.198 e. The Balaban J connectivity index is 2.76. The van der Waals surface area contributed by atoms with E-state index in [4.69, 9.17) is 4.74 Å². The Bertz CT molecular complexity index is 627. The van der Waals surface area contributed by atoms with Gasteiger partial charge in [0.2, 0.25) is 0 Å². The molecule has 1 N–H and O–H groups in total. The summed E-state index contributed by atoms with van der Waals surface area (Å²) in [4.78, 5) is 12.8. The number of benzene rings is 1. The fraction of sp³-hybridized carbons (Fsp3) is 0.471. The van der Waals surface area contributed by atoms with Gasteiger partial charge in [0.1, 0.15) is 17.0 Å². The van der Waals surface area contributed by atoms with Crippen LogP contribution in [0.1, 0.15) is 45.7 Å². The van der Waals surface area contributed by atoms with Gasteiger partial charge in [-0.05, 0) is 57.4 Å². The Morgan fingerprint density at radius 3 is 2.38 bits per heavy atom. The molecule has 0 amide bonds. The lowest BCUT2D eigenvalue weighted by molar-refractivity contribution is -0.158. The second-order valence-electron chi connectivity index (χ2n) is 6.33. The fourth-order valence-electron chi connectivity index (χ4n) is 2.78. The number of rotatable bonds is 2. The largest absolute Gasteiger partial charge is 0.508 e. The van der Waals surface area contributed by atoms with Crippen molar-refractivity contribution in [1.82, 2.24) is 0 Å². The van der Waals surface area contributed by atoms with Crippen molar-refractivity contribution >= 4 is 27.3 Å². The van der Waals surface area contributed by atoms with Crippen LogP contribution in [-0.2, 0) is 16.0 Å². The Morgan fingerprint density at radius 1 is 1.19 bits per heavy atom. The van der Waals surface area contributed by atoms with Gasteiger partial charge in [-0.3, -0.25) is 4.79 Å². The molecule has 21 heavy (non-hydrogen) atoms. The molecular weight excluding hydrogens is 332 g/mol. The maximum atomic E-state index is 12.8. The van der Waals surface area contributed by atoms with Crippen molar-refractivity contribution in [2.24, 2.45) is 0 Å². The van der Waals surface area contributed by atoms with Gasteiger partial charge in [-0.1, -0.05) is 28.9 Å². The summed E-state index contributed by atoms with van der Waals surface area (Å²) in [6, 6.07) is 5.81. The number of hydrogen-bond acceptors (Lipinski definition) is 3. The molecule has 1 aromatic carbocycles. The number of hydrogen-bond donors (Lipinski definition) is 1. The SMILES string of the molecule is CCc1ccc(Br)cc1C1=C(O)C(C)(C)OC(C)(C)C1=O. The lowest BCUT2D eigenvalue weighted by atomic mass is 9.81. The van der Waals surface area contributed by atoms with E-state index in [1.807, 2.05) is 25.1 Å². The zero-order chi connectivity index (χ0) is 16.0. The molecule has 0 saturated heterocycles. The number of ether oxygens (including phenoxy) is 1. The first-order valence-corrected chi connectivity index (χ1v) is 7.87. The van der Waals surface area contributed by atoms with E-state index in [-0.39, 0.29) is 11.5 Å². The monoisotopic (exact) mass is 352 g/mol. The highest BCUT2D eigenvalue weighted by molar-refractivity contribution is 9.10. The third-order valence-electron chi connectivity index (χ3n) is 3.81. The van der Waals surface area contributed by atoms with E-state index in [2.05, 4.69) is 15.9 Å². The number of carbonyl (C=O) groups excluding carboxylic acids is 1. The van der Waals surface area contributed by atoms with Gasteiger partial charge in [0.25, 0.3) is 0 Å². The number of Topliss-reactive ketones (excluding diaryl/α,β-unsaturated/α-hetero) is 1. The van der Waals surface area contributed by atoms with E-state index in [0.717, 1.165) is 22.0 Å². The van der Waals surface area contributed by atoms with Crippen LogP contribution in [0, 0.1) is 0 Å². The first kappa shape index (κ1) is 16.2. The summed E-state index contributed by atoms with van der Waals surface area (Å²) in [5, 5.41) is 10.6. The minimum Gasteiger partial charge on any atom is -0.508 e. The van der Waals surface area contributed by atoms with Crippen molar-refractivity contribution in [3.8, 4) is 0 Å². The predicted octanol–water partition coefficient (Wildman–Crippen LogP) is 4.44. The summed E-state index contributed by atoms with van der Waals surface area (Å²) >= 11 is 3.44. The van der Waals surface area contributed by atoms with Crippen molar-refractivity contribution in [2.45, 2.75) is 52.2 Å². The second-order valence-corrected chi connectivity index (χ2v) is 7.25. The van der Waals surface area contributed by atoms with Crippen molar-refractivity contribution in [1.29, 1.82) is 0 Å². The first-order valence-electron chi connectivity index (χ1n) is 7.07. The summed E-state index contributed by atoms with van der Waals surface area (Å²) in [6.07, 6.45) is 0.786. The van der Waals surface area contributed by atoms with Gasteiger partial charge < -0.3 is 9.84 Å². The molecule has 2 rings (SSSR count). The van der Waals surface area contributed by atoms with Crippen LogP contribution in [0.15, 0.2) is 28.4 Å². The number of carbonyl (C=O) groups is 1. The predicted molar refractivity (Wildman–Crippen MR) is 87.3 cm³/mol. The zero-order valence-electron chi connectivity index (χ0n) is 13.1. The molecule has 114 valence electrons. The third-order valence-corrected chi connectivity index (χ3v) is 4.31. The van der Waals surface area contributed by atoms with Crippen LogP contribution in [-0.4, -0.2) is 22.1 Å². The molecule has 1 heterocycles. The average Bonchev–Trinajstić information content (AvgIpc) is 2.36. The van der Waals surface area contributed by atoms with E-state index in [1.54, 1.807) is 27.7 Å². The highest BCUT2D eigenvalue weighted by Gasteiger charge is 2.47. The van der Waals surface area contributed by atoms with Crippen molar-refractivity contribution < 1.29 is 14.6 Å². The van der Waals surface area contributed by atoms with Crippen molar-refractivity contribution in [3.63, 3.8) is 0 Å². The van der Waals surface area contributed by atoms with E-state index in [0.29, 0.717) is 5.57 Å². The highest BCUT2D eigenvalue weighted by atomic mass is 79.9. The summed E-state index contributed by atoms with van der Waals surface area (Å²) in [7, 11) is 0. The molecule has 0 bridgehead atoms. The molecular formula is C17H21BrO3. The van der Waals surface area contributed by atoms with Gasteiger partial charge in [-0.25, -0.2) is 0 Å². The molecule has 0 spiro atoms. The molecule has 0 saturated carbocycles. The zero-order valence-corrected chi connectivity index (χ0v) is 14.7. The third kappa shape index (κ3) is 2.79. The van der Waals surface area contributed by atoms with Crippen molar-refractivity contribution in [3.05, 3.63) is 39.6 Å². The Hall–Kier alpha value is -1.13. The van der Waals surface area contributed by atoms with Crippen molar-refractivity contribution in [2.75, 3.05) is 0 Å². The maximum absolute atomic E-state index is 12.8. The molecule has 0 aromatic heterocycles. The van der Waals surface area contributed by atoms with Crippen LogP contribution >= 0.6 is 15.9 Å². The molecule has 0 atom stereocenters. The summed E-state index contributed by atoms with van der Waals surface area (Å²) < 4.78 is 6.65. The summed E-state index contributed by atoms with van der Waals surface area (Å²) in [5.41, 5.74) is 0.327. The van der Waals surface area contributed by atoms with E-state index in [1.165, 1.54) is 0 Å². The van der Waals surface area contributed by atoms with Crippen LogP contribution in [0.2, 0.25) is 0 Å². The fourth-order valence-corrected chi connectivity index (χ4v) is 3.14. The van der Waals surface area contributed by atoms with Gasteiger partial charge in [0.15, 0.2) is 5.78 Å². The average molecular weight is 353 g/mol. The summed E-state index contributed by atoms with van der Waals surface area (Å²) in [6.45, 7) is 9.07. The molecule has 1 aromatic rings. The molecule has 1 aliphatic heterocycles. The van der Waals surface area contributed by atoms with Gasteiger partial charge >= 0.3 is 0 Å². The molecule has 0 unspecified atom stereocenters. The quantitative estimate of drug-likeness (QED) is 0.855. The molecule has 0 fully saturated rings. The van der Waals surface area contributed by atoms with Crippen LogP contribution in [0.5, 0.6) is 0 Å². The van der Waals surface area contributed by atoms with Gasteiger partial charge in [0.05, 0.1) is 5.57 Å². The van der Waals surface area contributed by atoms with E-state index >= 15 is 0 Å². The van der Waals surface area contributed by atoms with Crippen LogP contribution in [0.3, 0.4) is 0 Å². The Morgan fingerprint density at radius 2 is 1.81 bits per heavy atom. The Kier molecular flexibility index (Phi) is 4.06. The topological polar surface area (TPSA) is 46.5 Å². The van der Waals surface area contributed by atoms with Gasteiger partial charge in [0, 0.05) is 4.47 Å². The van der Waals surface area contributed by atoms with Crippen LogP contribution in [0.4, 0.5) is 0 Å². The Labute approximate surface area is 134 Å². The highest BCUT2D eigenvalue weighted by Crippen LogP contribution is 2.41. The molecule has 0 radical (unpaired) electrons. The molecule has 1 aliphatic rings. The van der Waals surface area contributed by atoms with Crippen LogP contribution in [0.25, 0.3) is 5.57 Å². The minimum atomic E-state index is -0.960. The number of halogens is 1. The molecule has 3 nitrogen and oxygen atoms in total. The minimum absolute atomic E-state index is 0.000347. The number of aliphatic hydroxyl groups is 1. The standard InChI is InChI=1S/C17H21BrO3/c1-6-10-7-8-11(18)9-12(10)13-14(19)16(2,3)21-17(4,5)15(13)20/h7-9,19H,6H2,1-5H3. The molecule has 4 heteroatoms. The van der Waals surface area contributed by atoms with Gasteiger partial charge in [-0.2, -0.15) is 0 Å².